The SMILES string of the molecule is COC(C)(C)CC(C(=O)O)N(C(=O)OC(C)(C)C)C1CC1. The minimum Gasteiger partial charge on any atom is -0.480 e. The van der Waals surface area contributed by atoms with Crippen molar-refractivity contribution in [2.75, 3.05) is 7.11 Å². The highest BCUT2D eigenvalue weighted by Gasteiger charge is 2.44. The highest BCUT2D eigenvalue weighted by Crippen LogP contribution is 2.33. The van der Waals surface area contributed by atoms with Crippen LogP contribution in [0.4, 0.5) is 4.79 Å². The summed E-state index contributed by atoms with van der Waals surface area (Å²) in [4.78, 5) is 25.4. The molecule has 1 aliphatic carbocycles. The molecule has 1 rings (SSSR count). The molecule has 1 amide bonds. The number of carbonyl (C=O) groups is 2. The van der Waals surface area contributed by atoms with Crippen LogP contribution in [0.5, 0.6) is 0 Å². The van der Waals surface area contributed by atoms with Gasteiger partial charge in [-0.3, -0.25) is 4.90 Å². The molecule has 0 spiro atoms. The van der Waals surface area contributed by atoms with E-state index in [0.29, 0.717) is 0 Å². The zero-order valence-electron chi connectivity index (χ0n) is 13.8. The second-order valence-corrected chi connectivity index (χ2v) is 7.14. The zero-order valence-corrected chi connectivity index (χ0v) is 13.8. The molecule has 0 aromatic heterocycles. The molecule has 0 aromatic carbocycles. The van der Waals surface area contributed by atoms with Crippen molar-refractivity contribution in [3.05, 3.63) is 0 Å². The van der Waals surface area contributed by atoms with Crippen LogP contribution in [0.15, 0.2) is 0 Å². The van der Waals surface area contributed by atoms with Crippen molar-refractivity contribution in [2.45, 2.75) is 77.2 Å². The molecular formula is C15H27NO5. The molecular weight excluding hydrogens is 274 g/mol. The summed E-state index contributed by atoms with van der Waals surface area (Å²) in [5, 5.41) is 9.52. The Morgan fingerprint density at radius 3 is 2.10 bits per heavy atom. The van der Waals surface area contributed by atoms with Crippen LogP contribution in [0, 0.1) is 0 Å². The predicted octanol–water partition coefficient (Wildman–Crippen LogP) is 2.65. The van der Waals surface area contributed by atoms with Crippen LogP contribution in [-0.2, 0) is 14.3 Å². The first kappa shape index (κ1) is 17.8. The van der Waals surface area contributed by atoms with Gasteiger partial charge in [-0.25, -0.2) is 9.59 Å². The van der Waals surface area contributed by atoms with Crippen LogP contribution < -0.4 is 0 Å². The van der Waals surface area contributed by atoms with Crippen molar-refractivity contribution >= 4 is 12.1 Å². The van der Waals surface area contributed by atoms with Crippen LogP contribution in [0.3, 0.4) is 0 Å². The Bertz CT molecular complexity index is 395. The fourth-order valence-electron chi connectivity index (χ4n) is 2.05. The lowest BCUT2D eigenvalue weighted by Crippen LogP contribution is -2.51. The van der Waals surface area contributed by atoms with Gasteiger partial charge >= 0.3 is 12.1 Å². The average molecular weight is 301 g/mol. The van der Waals surface area contributed by atoms with E-state index in [1.165, 1.54) is 12.0 Å². The quantitative estimate of drug-likeness (QED) is 0.816. The Morgan fingerprint density at radius 1 is 1.24 bits per heavy atom. The number of carbonyl (C=O) groups excluding carboxylic acids is 1. The molecule has 6 nitrogen and oxygen atoms in total. The van der Waals surface area contributed by atoms with E-state index >= 15 is 0 Å². The van der Waals surface area contributed by atoms with Gasteiger partial charge in [-0.1, -0.05) is 0 Å². The summed E-state index contributed by atoms with van der Waals surface area (Å²) in [5.41, 5.74) is -1.28. The number of ether oxygens (including phenoxy) is 2. The molecule has 0 radical (unpaired) electrons. The first-order valence-electron chi connectivity index (χ1n) is 7.26. The van der Waals surface area contributed by atoms with Crippen LogP contribution in [-0.4, -0.2) is 52.5 Å². The maximum absolute atomic E-state index is 12.4. The minimum atomic E-state index is -1.03. The van der Waals surface area contributed by atoms with Gasteiger partial charge in [-0.05, 0) is 47.5 Å². The monoisotopic (exact) mass is 301 g/mol. The van der Waals surface area contributed by atoms with Gasteiger partial charge in [0.15, 0.2) is 0 Å². The van der Waals surface area contributed by atoms with E-state index in [-0.39, 0.29) is 12.5 Å². The Balaban J connectivity index is 2.94. The molecule has 0 saturated heterocycles. The van der Waals surface area contributed by atoms with E-state index in [9.17, 15) is 14.7 Å². The standard InChI is InChI=1S/C15H27NO5/c1-14(2,3)21-13(19)16(10-7-8-10)11(12(17)18)9-15(4,5)20-6/h10-11H,7-9H2,1-6H3,(H,17,18). The molecule has 1 unspecified atom stereocenters. The van der Waals surface area contributed by atoms with E-state index in [1.807, 2.05) is 13.8 Å². The third-order valence-electron chi connectivity index (χ3n) is 3.40. The van der Waals surface area contributed by atoms with Crippen molar-refractivity contribution < 1.29 is 24.2 Å². The van der Waals surface area contributed by atoms with Crippen molar-refractivity contribution in [2.24, 2.45) is 0 Å². The minimum absolute atomic E-state index is 0.0476. The number of nitrogens with zero attached hydrogens (tertiary/aromatic N) is 1. The molecule has 6 heteroatoms. The molecule has 1 N–H and O–H groups in total. The van der Waals surface area contributed by atoms with Gasteiger partial charge in [-0.2, -0.15) is 0 Å². The number of hydrogen-bond acceptors (Lipinski definition) is 4. The zero-order chi connectivity index (χ0) is 16.4. The van der Waals surface area contributed by atoms with E-state index in [0.717, 1.165) is 12.8 Å². The molecule has 0 aromatic rings. The summed E-state index contributed by atoms with van der Waals surface area (Å²) >= 11 is 0. The molecule has 1 atom stereocenters. The van der Waals surface area contributed by atoms with Gasteiger partial charge in [0.2, 0.25) is 0 Å². The maximum Gasteiger partial charge on any atom is 0.411 e. The first-order chi connectivity index (χ1) is 9.47. The van der Waals surface area contributed by atoms with Crippen molar-refractivity contribution in [3.63, 3.8) is 0 Å². The highest BCUT2D eigenvalue weighted by atomic mass is 16.6. The summed E-state index contributed by atoms with van der Waals surface area (Å²) in [7, 11) is 1.54. The lowest BCUT2D eigenvalue weighted by Gasteiger charge is -2.35. The number of carboxylic acids is 1. The predicted molar refractivity (Wildman–Crippen MR) is 78.2 cm³/mol. The molecule has 21 heavy (non-hydrogen) atoms. The van der Waals surface area contributed by atoms with Crippen LogP contribution in [0.2, 0.25) is 0 Å². The average Bonchev–Trinajstić information content (AvgIpc) is 3.09. The fourth-order valence-corrected chi connectivity index (χ4v) is 2.05. The van der Waals surface area contributed by atoms with E-state index in [1.54, 1.807) is 20.8 Å². The molecule has 1 aliphatic rings. The smallest absolute Gasteiger partial charge is 0.411 e. The van der Waals surface area contributed by atoms with Gasteiger partial charge in [0.1, 0.15) is 11.6 Å². The molecule has 0 bridgehead atoms. The number of amides is 1. The maximum atomic E-state index is 12.4. The second-order valence-electron chi connectivity index (χ2n) is 7.14. The van der Waals surface area contributed by atoms with Gasteiger partial charge in [-0.15, -0.1) is 0 Å². The Kier molecular flexibility index (Phi) is 5.25. The van der Waals surface area contributed by atoms with Crippen molar-refractivity contribution in [3.8, 4) is 0 Å². The van der Waals surface area contributed by atoms with Crippen molar-refractivity contribution in [1.29, 1.82) is 0 Å². The topological polar surface area (TPSA) is 76.1 Å². The number of hydrogen-bond donors (Lipinski definition) is 1. The first-order valence-corrected chi connectivity index (χ1v) is 7.26. The van der Waals surface area contributed by atoms with Gasteiger partial charge in [0.25, 0.3) is 0 Å². The third kappa shape index (κ3) is 5.53. The van der Waals surface area contributed by atoms with E-state index < -0.39 is 29.3 Å². The van der Waals surface area contributed by atoms with E-state index in [2.05, 4.69) is 0 Å². The summed E-state index contributed by atoms with van der Waals surface area (Å²) in [5.74, 6) is -1.03. The Hall–Kier alpha value is -1.30. The molecule has 0 heterocycles. The highest BCUT2D eigenvalue weighted by molar-refractivity contribution is 5.80. The van der Waals surface area contributed by atoms with Crippen LogP contribution in [0.1, 0.15) is 53.9 Å². The lowest BCUT2D eigenvalue weighted by atomic mass is 9.97. The molecule has 1 fully saturated rings. The fraction of sp³-hybridized carbons (Fsp3) is 0.867. The Morgan fingerprint density at radius 2 is 1.76 bits per heavy atom. The van der Waals surface area contributed by atoms with Crippen LogP contribution >= 0.6 is 0 Å². The van der Waals surface area contributed by atoms with E-state index in [4.69, 9.17) is 9.47 Å². The van der Waals surface area contributed by atoms with Crippen molar-refractivity contribution in [1.82, 2.24) is 4.90 Å². The van der Waals surface area contributed by atoms with Crippen LogP contribution in [0.25, 0.3) is 0 Å². The number of carboxylic acid groups (broad SMARTS) is 1. The number of aliphatic carboxylic acids is 1. The van der Waals surface area contributed by atoms with Gasteiger partial charge < -0.3 is 14.6 Å². The largest absolute Gasteiger partial charge is 0.480 e. The number of methoxy groups -OCH3 is 1. The second kappa shape index (κ2) is 6.22. The molecule has 0 aliphatic heterocycles. The normalized spacial score (nSPS) is 17.2. The Labute approximate surface area is 126 Å². The summed E-state index contributed by atoms with van der Waals surface area (Å²) in [6.45, 7) is 8.92. The molecule has 122 valence electrons. The summed E-state index contributed by atoms with van der Waals surface area (Å²) in [6.07, 6.45) is 1.28. The van der Waals surface area contributed by atoms with Gasteiger partial charge in [0, 0.05) is 19.6 Å². The summed E-state index contributed by atoms with van der Waals surface area (Å²) < 4.78 is 10.7. The number of rotatable bonds is 6. The van der Waals surface area contributed by atoms with Gasteiger partial charge in [0.05, 0.1) is 5.60 Å². The third-order valence-corrected chi connectivity index (χ3v) is 3.40. The lowest BCUT2D eigenvalue weighted by molar-refractivity contribution is -0.146. The summed E-state index contributed by atoms with van der Waals surface area (Å²) in [6, 6.07) is -0.990. The molecule has 1 saturated carbocycles.